The Balaban J connectivity index is 1.80. The average Bonchev–Trinajstić information content (AvgIpc) is 3.10. The lowest BCUT2D eigenvalue weighted by Gasteiger charge is -2.09. The Morgan fingerprint density at radius 3 is 2.53 bits per heavy atom. The third-order valence-corrected chi connectivity index (χ3v) is 4.70. The van der Waals surface area contributed by atoms with Gasteiger partial charge in [0.25, 0.3) is 5.91 Å². The number of halogens is 3. The van der Waals surface area contributed by atoms with Crippen molar-refractivity contribution in [2.45, 2.75) is 13.1 Å². The number of benzene rings is 2. The van der Waals surface area contributed by atoms with Crippen LogP contribution in [0.2, 0.25) is 0 Å². The van der Waals surface area contributed by atoms with Crippen LogP contribution < -0.4 is 5.32 Å². The summed E-state index contributed by atoms with van der Waals surface area (Å²) in [5.74, 6) is 6.41. The molecule has 3 rings (SSSR count). The molecule has 0 unspecified atom stereocenters. The van der Waals surface area contributed by atoms with E-state index in [0.717, 1.165) is 23.5 Å². The Labute approximate surface area is 184 Å². The summed E-state index contributed by atoms with van der Waals surface area (Å²) in [5.41, 5.74) is 2.09. The molecule has 32 heavy (non-hydrogen) atoms. The van der Waals surface area contributed by atoms with Crippen LogP contribution in [-0.2, 0) is 13.2 Å². The van der Waals surface area contributed by atoms with E-state index in [2.05, 4.69) is 28.7 Å². The number of hydrogen-bond acceptors (Lipinski definition) is 2. The lowest BCUT2D eigenvalue weighted by Crippen LogP contribution is -2.12. The number of alkyl halides is 3. The molecule has 1 aromatic heterocycles. The molecule has 0 bridgehead atoms. The molecule has 162 valence electrons. The van der Waals surface area contributed by atoms with Gasteiger partial charge < -0.3 is 9.88 Å². The first kappa shape index (κ1) is 22.6. The maximum Gasteiger partial charge on any atom is 0.416 e. The first-order chi connectivity index (χ1) is 15.2. The predicted octanol–water partition coefficient (Wildman–Crippen LogP) is 5.60. The van der Waals surface area contributed by atoms with E-state index in [9.17, 15) is 18.0 Å². The first-order valence-electron chi connectivity index (χ1n) is 9.61. The number of anilines is 1. The molecule has 1 N–H and O–H groups in total. The number of aromatic nitrogens is 2. The number of amides is 1. The van der Waals surface area contributed by atoms with Gasteiger partial charge in [0.2, 0.25) is 0 Å². The van der Waals surface area contributed by atoms with E-state index in [4.69, 9.17) is 0 Å². The van der Waals surface area contributed by atoms with Gasteiger partial charge in [-0.05, 0) is 60.9 Å². The molecule has 0 aliphatic heterocycles. The van der Waals surface area contributed by atoms with Gasteiger partial charge in [-0.2, -0.15) is 13.2 Å². The minimum atomic E-state index is -4.43. The maximum atomic E-state index is 12.7. The van der Waals surface area contributed by atoms with Crippen molar-refractivity contribution < 1.29 is 18.0 Å². The van der Waals surface area contributed by atoms with Crippen LogP contribution in [0.1, 0.15) is 38.6 Å². The van der Waals surface area contributed by atoms with Crippen LogP contribution >= 0.6 is 0 Å². The molecule has 7 heteroatoms. The van der Waals surface area contributed by atoms with Crippen molar-refractivity contribution in [1.82, 2.24) is 9.55 Å². The van der Waals surface area contributed by atoms with Crippen molar-refractivity contribution >= 4 is 17.7 Å². The summed E-state index contributed by atoms with van der Waals surface area (Å²) in [6.45, 7) is 5.51. The third-order valence-electron chi connectivity index (χ3n) is 4.70. The second-order valence-corrected chi connectivity index (χ2v) is 6.96. The highest BCUT2D eigenvalue weighted by molar-refractivity contribution is 6.04. The number of nitrogens with zero attached hydrogens (tertiary/aromatic N) is 2. The molecule has 3 aromatic rings. The molecule has 0 aliphatic carbocycles. The normalized spacial score (nSPS) is 11.2. The van der Waals surface area contributed by atoms with Crippen molar-refractivity contribution in [3.8, 4) is 11.8 Å². The quantitative estimate of drug-likeness (QED) is 0.428. The van der Waals surface area contributed by atoms with Crippen molar-refractivity contribution in [2.24, 2.45) is 7.05 Å². The van der Waals surface area contributed by atoms with Crippen molar-refractivity contribution in [2.75, 3.05) is 5.32 Å². The first-order valence-corrected chi connectivity index (χ1v) is 9.61. The largest absolute Gasteiger partial charge is 0.416 e. The van der Waals surface area contributed by atoms with Crippen LogP contribution in [0, 0.1) is 18.8 Å². The highest BCUT2D eigenvalue weighted by Gasteiger charge is 2.30. The van der Waals surface area contributed by atoms with E-state index in [1.807, 2.05) is 24.6 Å². The van der Waals surface area contributed by atoms with Crippen LogP contribution in [0.25, 0.3) is 6.08 Å². The van der Waals surface area contributed by atoms with E-state index in [1.54, 1.807) is 36.5 Å². The fourth-order valence-electron chi connectivity index (χ4n) is 2.82. The molecular formula is C25H20F3N3O. The fourth-order valence-corrected chi connectivity index (χ4v) is 2.82. The van der Waals surface area contributed by atoms with Crippen molar-refractivity contribution in [3.05, 3.63) is 101 Å². The lowest BCUT2D eigenvalue weighted by molar-refractivity contribution is -0.137. The highest BCUT2D eigenvalue weighted by Crippen LogP contribution is 2.29. The van der Waals surface area contributed by atoms with Crippen molar-refractivity contribution in [3.63, 3.8) is 0 Å². The molecule has 1 amide bonds. The Morgan fingerprint density at radius 1 is 1.16 bits per heavy atom. The topological polar surface area (TPSA) is 46.9 Å². The zero-order valence-electron chi connectivity index (χ0n) is 17.5. The van der Waals surface area contributed by atoms with E-state index in [1.165, 1.54) is 12.1 Å². The third kappa shape index (κ3) is 5.35. The molecule has 2 aromatic carbocycles. The average molecular weight is 435 g/mol. The summed E-state index contributed by atoms with van der Waals surface area (Å²) >= 11 is 0. The monoisotopic (exact) mass is 435 g/mol. The second-order valence-electron chi connectivity index (χ2n) is 6.96. The summed E-state index contributed by atoms with van der Waals surface area (Å²) in [6.07, 6.45) is 2.48. The van der Waals surface area contributed by atoms with Gasteiger partial charge in [-0.3, -0.25) is 4.79 Å². The number of allylic oxidation sites excluding steroid dienone is 2. The summed E-state index contributed by atoms with van der Waals surface area (Å²) in [4.78, 5) is 16.9. The van der Waals surface area contributed by atoms with Crippen LogP contribution in [0.5, 0.6) is 0 Å². The van der Waals surface area contributed by atoms with Gasteiger partial charge >= 0.3 is 6.18 Å². The Bertz CT molecular complexity index is 1240. The molecule has 0 spiro atoms. The molecule has 0 fully saturated rings. The minimum Gasteiger partial charge on any atom is -0.322 e. The number of aryl methyl sites for hydroxylation is 1. The van der Waals surface area contributed by atoms with Gasteiger partial charge in [0, 0.05) is 23.9 Å². The molecule has 0 saturated carbocycles. The van der Waals surface area contributed by atoms with Gasteiger partial charge in [0.15, 0.2) is 0 Å². The lowest BCUT2D eigenvalue weighted by atomic mass is 10.0. The molecule has 0 atom stereocenters. The zero-order chi connectivity index (χ0) is 23.3. The molecule has 4 nitrogen and oxygen atoms in total. The number of imidazole rings is 1. The van der Waals surface area contributed by atoms with Gasteiger partial charge in [-0.15, -0.1) is 0 Å². The van der Waals surface area contributed by atoms with Gasteiger partial charge in [0.1, 0.15) is 11.5 Å². The van der Waals surface area contributed by atoms with E-state index >= 15 is 0 Å². The fraction of sp³-hybridized carbons (Fsp3) is 0.120. The summed E-state index contributed by atoms with van der Waals surface area (Å²) in [5, 5.41) is 2.61. The van der Waals surface area contributed by atoms with Gasteiger partial charge in [-0.1, -0.05) is 30.7 Å². The smallest absolute Gasteiger partial charge is 0.322 e. The highest BCUT2D eigenvalue weighted by atomic mass is 19.4. The predicted molar refractivity (Wildman–Crippen MR) is 119 cm³/mol. The van der Waals surface area contributed by atoms with Gasteiger partial charge in [-0.25, -0.2) is 4.98 Å². The Kier molecular flexibility index (Phi) is 6.64. The maximum absolute atomic E-state index is 12.7. The van der Waals surface area contributed by atoms with Crippen LogP contribution in [0.4, 0.5) is 18.9 Å². The molecule has 0 saturated heterocycles. The minimum absolute atomic E-state index is 0.270. The van der Waals surface area contributed by atoms with Crippen LogP contribution in [0.15, 0.2) is 67.4 Å². The number of carbonyl (C=O) groups is 1. The van der Waals surface area contributed by atoms with Crippen molar-refractivity contribution in [1.29, 1.82) is 0 Å². The molecule has 0 radical (unpaired) electrons. The summed E-state index contributed by atoms with van der Waals surface area (Å²) in [7, 11) is 1.85. The Hall–Kier alpha value is -4.05. The number of nitrogens with one attached hydrogen (secondary N) is 1. The van der Waals surface area contributed by atoms with E-state index in [-0.39, 0.29) is 5.69 Å². The zero-order valence-corrected chi connectivity index (χ0v) is 17.5. The standard InChI is InChI=1S/C25H20F3N3O/c1-4-5-6-23-29-16-22(31(23)3)14-9-18-15-19(8-7-17(18)2)24(32)30-21-12-10-20(11-13-21)25(26,27)28/h4-8,10-13,15-16H,1H2,2-3H3,(H,30,32)/b6-5-. The molecule has 0 aliphatic rings. The number of carbonyl (C=O) groups excluding carboxylic acids is 1. The number of rotatable bonds is 4. The second kappa shape index (κ2) is 9.40. The summed E-state index contributed by atoms with van der Waals surface area (Å²) in [6, 6.07) is 9.35. The van der Waals surface area contributed by atoms with Gasteiger partial charge in [0.05, 0.1) is 11.8 Å². The van der Waals surface area contributed by atoms with Crippen LogP contribution in [0.3, 0.4) is 0 Å². The Morgan fingerprint density at radius 2 is 1.88 bits per heavy atom. The number of hydrogen-bond donors (Lipinski definition) is 1. The van der Waals surface area contributed by atoms with E-state index in [0.29, 0.717) is 16.8 Å². The summed E-state index contributed by atoms with van der Waals surface area (Å²) < 4.78 is 39.9. The SMILES string of the molecule is C=C/C=C\c1ncc(C#Cc2cc(C(=O)Nc3ccc(C(F)(F)F)cc3)ccc2C)n1C. The molecule has 1 heterocycles. The van der Waals surface area contributed by atoms with E-state index < -0.39 is 17.6 Å². The molecular weight excluding hydrogens is 415 g/mol. The van der Waals surface area contributed by atoms with Crippen LogP contribution in [-0.4, -0.2) is 15.5 Å².